The van der Waals surface area contributed by atoms with Crippen molar-refractivity contribution in [1.29, 1.82) is 0 Å². The van der Waals surface area contributed by atoms with Gasteiger partial charge in [-0.15, -0.1) is 0 Å². The van der Waals surface area contributed by atoms with Crippen LogP contribution in [0.2, 0.25) is 0 Å². The van der Waals surface area contributed by atoms with Gasteiger partial charge in [0.25, 0.3) is 11.8 Å². The van der Waals surface area contributed by atoms with Crippen LogP contribution in [0.1, 0.15) is 64.1 Å². The van der Waals surface area contributed by atoms with Crippen LogP contribution in [0.15, 0.2) is 54.6 Å². The summed E-state index contributed by atoms with van der Waals surface area (Å²) in [4.78, 5) is 36.0. The number of aromatic nitrogens is 8. The van der Waals surface area contributed by atoms with E-state index in [1.54, 1.807) is 15.4 Å². The summed E-state index contributed by atoms with van der Waals surface area (Å²) >= 11 is 0. The highest BCUT2D eigenvalue weighted by atomic mass is 16.2. The summed E-state index contributed by atoms with van der Waals surface area (Å²) in [6, 6.07) is 17.4. The Balaban J connectivity index is 1.09. The number of nitrogens with one attached hydrogen (secondary N) is 2. The predicted octanol–water partition coefficient (Wildman–Crippen LogP) is 5.41. The van der Waals surface area contributed by atoms with E-state index >= 15 is 0 Å². The molecule has 0 spiro atoms. The number of imidazole rings is 2. The monoisotopic (exact) mass is 606 g/mol. The molecular formula is C33H38N10O2. The van der Waals surface area contributed by atoms with Crippen molar-refractivity contribution < 1.29 is 9.59 Å². The maximum atomic E-state index is 13.6. The highest BCUT2D eigenvalue weighted by Crippen LogP contribution is 2.23. The summed E-state index contributed by atoms with van der Waals surface area (Å²) in [6.45, 7) is 7.01. The molecule has 0 aliphatic carbocycles. The molecule has 4 heterocycles. The Bertz CT molecular complexity index is 2030. The first kappa shape index (κ1) is 29.8. The van der Waals surface area contributed by atoms with Gasteiger partial charge in [-0.25, -0.2) is 9.97 Å². The lowest BCUT2D eigenvalue weighted by Gasteiger charge is -2.10. The minimum Gasteiger partial charge on any atom is -0.313 e. The van der Waals surface area contributed by atoms with E-state index < -0.39 is 0 Å². The molecule has 0 fully saturated rings. The van der Waals surface area contributed by atoms with Crippen LogP contribution in [-0.4, -0.2) is 50.5 Å². The van der Waals surface area contributed by atoms with E-state index in [0.29, 0.717) is 36.4 Å². The topological polar surface area (TPSA) is 129 Å². The van der Waals surface area contributed by atoms with Gasteiger partial charge in [0.2, 0.25) is 11.9 Å². The molecule has 12 nitrogen and oxygen atoms in total. The van der Waals surface area contributed by atoms with Gasteiger partial charge in [-0.2, -0.15) is 10.2 Å². The van der Waals surface area contributed by atoms with E-state index in [1.165, 1.54) is 0 Å². The van der Waals surface area contributed by atoms with Gasteiger partial charge in [0.1, 0.15) is 11.4 Å². The third-order valence-corrected chi connectivity index (χ3v) is 8.22. The zero-order chi connectivity index (χ0) is 31.7. The second kappa shape index (κ2) is 12.4. The number of nitrogens with zero attached hydrogens (tertiary/aromatic N) is 8. The van der Waals surface area contributed by atoms with Crippen molar-refractivity contribution in [3.63, 3.8) is 0 Å². The van der Waals surface area contributed by atoms with Gasteiger partial charge in [-0.05, 0) is 70.4 Å². The molecule has 0 atom stereocenters. The number of carbonyl (C=O) groups is 2. The minimum atomic E-state index is -0.243. The van der Waals surface area contributed by atoms with Crippen LogP contribution < -0.4 is 10.6 Å². The summed E-state index contributed by atoms with van der Waals surface area (Å²) in [5.74, 6) is 0.534. The molecule has 0 bridgehead atoms. The van der Waals surface area contributed by atoms with Crippen LogP contribution in [0.4, 0.5) is 11.9 Å². The summed E-state index contributed by atoms with van der Waals surface area (Å²) in [5, 5.41) is 15.2. The number of carbonyl (C=O) groups excluding carboxylic acids is 2. The highest BCUT2D eigenvalue weighted by molar-refractivity contribution is 6.04. The second-order valence-electron chi connectivity index (χ2n) is 11.3. The van der Waals surface area contributed by atoms with Crippen LogP contribution in [0, 0.1) is 13.8 Å². The fourth-order valence-corrected chi connectivity index (χ4v) is 5.88. The second-order valence-corrected chi connectivity index (χ2v) is 11.3. The quantitative estimate of drug-likeness (QED) is 0.190. The number of anilines is 2. The molecule has 6 rings (SSSR count). The molecule has 45 heavy (non-hydrogen) atoms. The largest absolute Gasteiger partial charge is 0.313 e. The standard InChI is InChI=1S/C33H38N10O2/c1-6-42-29(31(45)37-33-35-25-16-10-12-18-27(25)41(33)5)23(22(3)39-42)14-8-7-13-19-43-28(20-21(2)38-43)30(44)36-32-34-24-15-9-11-17-26(24)40(32)4/h9-12,15-18,20H,6-8,13-14,19H2,1-5H3,(H,34,36,44)(H,35,37,45). The molecule has 0 aliphatic heterocycles. The Morgan fingerprint density at radius 3 is 1.96 bits per heavy atom. The van der Waals surface area contributed by atoms with Crippen LogP contribution in [0.25, 0.3) is 22.1 Å². The fraction of sp³-hybridized carbons (Fsp3) is 0.333. The number of benzene rings is 2. The predicted molar refractivity (Wildman–Crippen MR) is 174 cm³/mol. The molecule has 12 heteroatoms. The first-order chi connectivity index (χ1) is 21.7. The number of fused-ring (bicyclic) bond motifs is 2. The molecule has 4 aromatic heterocycles. The lowest BCUT2D eigenvalue weighted by molar-refractivity contribution is 0.100. The molecule has 2 amide bonds. The van der Waals surface area contributed by atoms with Crippen molar-refractivity contribution in [2.24, 2.45) is 14.1 Å². The Hall–Kier alpha value is -5.26. The zero-order valence-electron chi connectivity index (χ0n) is 26.3. The summed E-state index contributed by atoms with van der Waals surface area (Å²) in [7, 11) is 3.78. The van der Waals surface area contributed by atoms with Gasteiger partial charge >= 0.3 is 0 Å². The molecular weight excluding hydrogens is 568 g/mol. The van der Waals surface area contributed by atoms with Gasteiger partial charge in [-0.1, -0.05) is 30.7 Å². The van der Waals surface area contributed by atoms with Crippen LogP contribution >= 0.6 is 0 Å². The normalized spacial score (nSPS) is 11.5. The van der Waals surface area contributed by atoms with Crippen LogP contribution in [0.3, 0.4) is 0 Å². The van der Waals surface area contributed by atoms with Crippen molar-refractivity contribution in [3.8, 4) is 0 Å². The van der Waals surface area contributed by atoms with E-state index in [-0.39, 0.29) is 11.8 Å². The number of rotatable bonds is 11. The number of para-hydroxylation sites is 4. The summed E-state index contributed by atoms with van der Waals surface area (Å²) in [6.07, 6.45) is 3.31. The molecule has 0 saturated carbocycles. The molecule has 0 radical (unpaired) electrons. The van der Waals surface area contributed by atoms with Crippen molar-refractivity contribution in [2.75, 3.05) is 10.6 Å². The highest BCUT2D eigenvalue weighted by Gasteiger charge is 2.23. The molecule has 0 unspecified atom stereocenters. The van der Waals surface area contributed by atoms with Crippen LogP contribution in [0.5, 0.6) is 0 Å². The van der Waals surface area contributed by atoms with E-state index in [1.807, 2.05) is 92.5 Å². The minimum absolute atomic E-state index is 0.214. The lowest BCUT2D eigenvalue weighted by Crippen LogP contribution is -2.21. The molecule has 6 aromatic rings. The number of hydrogen-bond acceptors (Lipinski definition) is 6. The number of amides is 2. The van der Waals surface area contributed by atoms with Crippen LogP contribution in [-0.2, 0) is 33.6 Å². The van der Waals surface area contributed by atoms with Gasteiger partial charge < -0.3 is 9.13 Å². The Labute approximate surface area is 261 Å². The Kier molecular flexibility index (Phi) is 8.20. The number of hydrogen-bond donors (Lipinski definition) is 2. The smallest absolute Gasteiger partial charge is 0.276 e. The molecule has 0 aliphatic rings. The van der Waals surface area contributed by atoms with Gasteiger partial charge in [0.05, 0.1) is 33.5 Å². The maximum Gasteiger partial charge on any atom is 0.276 e. The van der Waals surface area contributed by atoms with Crippen molar-refractivity contribution >= 4 is 45.8 Å². The van der Waals surface area contributed by atoms with E-state index in [2.05, 4.69) is 30.8 Å². The SMILES string of the molecule is CCn1nc(C)c(CCCCCn2nc(C)cc2C(=O)Nc2nc3ccccc3n2C)c1C(=O)Nc1nc2ccccc2n1C. The van der Waals surface area contributed by atoms with Crippen molar-refractivity contribution in [1.82, 2.24) is 38.7 Å². The first-order valence-corrected chi connectivity index (χ1v) is 15.3. The van der Waals surface area contributed by atoms with E-state index in [4.69, 9.17) is 0 Å². The zero-order valence-corrected chi connectivity index (χ0v) is 26.3. The maximum absolute atomic E-state index is 13.6. The molecule has 0 saturated heterocycles. The third kappa shape index (κ3) is 5.83. The summed E-state index contributed by atoms with van der Waals surface area (Å²) < 4.78 is 7.29. The van der Waals surface area contributed by atoms with E-state index in [0.717, 1.165) is 64.7 Å². The average molecular weight is 607 g/mol. The molecule has 232 valence electrons. The van der Waals surface area contributed by atoms with Crippen molar-refractivity contribution in [2.45, 2.75) is 59.5 Å². The Morgan fingerprint density at radius 1 is 0.756 bits per heavy atom. The number of aryl methyl sites for hydroxylation is 6. The lowest BCUT2D eigenvalue weighted by atomic mass is 10.0. The van der Waals surface area contributed by atoms with Gasteiger partial charge in [0.15, 0.2) is 0 Å². The van der Waals surface area contributed by atoms with Gasteiger partial charge in [0, 0.05) is 32.7 Å². The molecule has 2 aromatic carbocycles. The van der Waals surface area contributed by atoms with Crippen molar-refractivity contribution in [3.05, 3.63) is 82.9 Å². The first-order valence-electron chi connectivity index (χ1n) is 15.3. The molecule has 2 N–H and O–H groups in total. The average Bonchev–Trinajstić information content (AvgIpc) is 3.75. The van der Waals surface area contributed by atoms with E-state index in [9.17, 15) is 9.59 Å². The summed E-state index contributed by atoms with van der Waals surface area (Å²) in [5.41, 5.74) is 7.21. The third-order valence-electron chi connectivity index (χ3n) is 8.22. The van der Waals surface area contributed by atoms with Gasteiger partial charge in [-0.3, -0.25) is 29.6 Å². The fourth-order valence-electron chi connectivity index (χ4n) is 5.88. The Morgan fingerprint density at radius 2 is 1.36 bits per heavy atom. The number of unbranched alkanes of at least 4 members (excludes halogenated alkanes) is 2.